The molecule has 34 heavy (non-hydrogen) atoms. The second kappa shape index (κ2) is 15.4. The highest BCUT2D eigenvalue weighted by Gasteiger charge is 2.31. The highest BCUT2D eigenvalue weighted by atomic mass is 16.6. The molecule has 0 saturated carbocycles. The quantitative estimate of drug-likeness (QED) is 0.359. The molecular weight excluding hydrogens is 430 g/mol. The molecule has 1 rings (SSSR count). The molecular formula is C27H45N3O4. The van der Waals surface area contributed by atoms with Crippen LogP contribution in [0.3, 0.4) is 0 Å². The Hall–Kier alpha value is -2.57. The number of carbonyl (C=O) groups excluding carboxylic acids is 3. The van der Waals surface area contributed by atoms with Crippen molar-refractivity contribution >= 4 is 17.9 Å². The van der Waals surface area contributed by atoms with E-state index in [-0.39, 0.29) is 18.4 Å². The van der Waals surface area contributed by atoms with Crippen LogP contribution in [0, 0.1) is 6.92 Å². The van der Waals surface area contributed by atoms with Gasteiger partial charge in [0, 0.05) is 13.1 Å². The van der Waals surface area contributed by atoms with E-state index >= 15 is 0 Å². The summed E-state index contributed by atoms with van der Waals surface area (Å²) in [5.41, 5.74) is 1.13. The number of carbonyl (C=O) groups is 3. The first-order valence-electron chi connectivity index (χ1n) is 12.7. The molecule has 3 amide bonds. The molecule has 1 unspecified atom stereocenters. The van der Waals surface area contributed by atoms with E-state index in [1.165, 1.54) is 0 Å². The average molecular weight is 476 g/mol. The molecule has 7 nitrogen and oxygen atoms in total. The van der Waals surface area contributed by atoms with E-state index < -0.39 is 17.7 Å². The summed E-state index contributed by atoms with van der Waals surface area (Å²) in [4.78, 5) is 40.4. The molecule has 0 spiro atoms. The Balaban J connectivity index is 3.12. The maximum absolute atomic E-state index is 13.4. The molecule has 0 aromatic heterocycles. The van der Waals surface area contributed by atoms with Gasteiger partial charge in [-0.2, -0.15) is 0 Å². The van der Waals surface area contributed by atoms with E-state index in [0.717, 1.165) is 56.1 Å². The second-order valence-corrected chi connectivity index (χ2v) is 9.82. The first-order valence-corrected chi connectivity index (χ1v) is 12.7. The van der Waals surface area contributed by atoms with Crippen LogP contribution in [0.2, 0.25) is 0 Å². The molecule has 0 aliphatic rings. The van der Waals surface area contributed by atoms with Gasteiger partial charge in [-0.1, -0.05) is 75.8 Å². The number of unbranched alkanes of at least 4 members (excludes halogenated alkanes) is 5. The minimum absolute atomic E-state index is 0.192. The summed E-state index contributed by atoms with van der Waals surface area (Å²) in [5, 5.41) is 5.58. The number of hydrogen-bond donors (Lipinski definition) is 2. The first-order chi connectivity index (χ1) is 16.1. The molecule has 0 radical (unpaired) electrons. The van der Waals surface area contributed by atoms with Gasteiger partial charge in [0.05, 0.1) is 0 Å². The lowest BCUT2D eigenvalue weighted by Gasteiger charge is -2.32. The molecule has 0 aliphatic heterocycles. The van der Waals surface area contributed by atoms with Crippen LogP contribution >= 0.6 is 0 Å². The van der Waals surface area contributed by atoms with Crippen molar-refractivity contribution < 1.29 is 19.1 Å². The van der Waals surface area contributed by atoms with Crippen LogP contribution in [0.4, 0.5) is 4.79 Å². The van der Waals surface area contributed by atoms with Crippen molar-refractivity contribution in [1.29, 1.82) is 0 Å². The summed E-state index contributed by atoms with van der Waals surface area (Å²) in [5.74, 6) is -0.500. The fourth-order valence-corrected chi connectivity index (χ4v) is 3.67. The van der Waals surface area contributed by atoms with Crippen molar-refractivity contribution in [1.82, 2.24) is 15.5 Å². The first kappa shape index (κ1) is 29.5. The van der Waals surface area contributed by atoms with Gasteiger partial charge in [-0.15, -0.1) is 0 Å². The Kier molecular flexibility index (Phi) is 13.3. The zero-order valence-electron chi connectivity index (χ0n) is 22.0. The van der Waals surface area contributed by atoms with Crippen LogP contribution in [0.1, 0.15) is 96.7 Å². The number of nitrogens with zero attached hydrogens (tertiary/aromatic N) is 1. The molecule has 0 saturated heterocycles. The number of ether oxygens (including phenoxy) is 1. The molecule has 1 atom stereocenters. The fourth-order valence-electron chi connectivity index (χ4n) is 3.67. The minimum Gasteiger partial charge on any atom is -0.444 e. The highest BCUT2D eigenvalue weighted by Crippen LogP contribution is 2.23. The van der Waals surface area contributed by atoms with Crippen LogP contribution < -0.4 is 10.6 Å². The third kappa shape index (κ3) is 11.5. The molecule has 7 heteroatoms. The molecule has 1 aromatic carbocycles. The van der Waals surface area contributed by atoms with Crippen molar-refractivity contribution in [2.45, 2.75) is 98.1 Å². The largest absolute Gasteiger partial charge is 0.444 e. The molecule has 1 aromatic rings. The Labute approximate surface area is 206 Å². The summed E-state index contributed by atoms with van der Waals surface area (Å²) in [6.45, 7) is 12.3. The lowest BCUT2D eigenvalue weighted by Crippen LogP contribution is -2.48. The molecule has 0 fully saturated rings. The number of nitrogens with one attached hydrogen (secondary N) is 2. The van der Waals surface area contributed by atoms with E-state index in [1.54, 1.807) is 25.7 Å². The average Bonchev–Trinajstić information content (AvgIpc) is 2.76. The number of aryl methyl sites for hydroxylation is 1. The van der Waals surface area contributed by atoms with Gasteiger partial charge >= 0.3 is 6.09 Å². The third-order valence-corrected chi connectivity index (χ3v) is 5.35. The van der Waals surface area contributed by atoms with E-state index in [0.29, 0.717) is 13.1 Å². The normalized spacial score (nSPS) is 12.1. The van der Waals surface area contributed by atoms with Crippen LogP contribution in [-0.4, -0.2) is 48.0 Å². The fraction of sp³-hybridized carbons (Fsp3) is 0.667. The van der Waals surface area contributed by atoms with Gasteiger partial charge in [0.15, 0.2) is 0 Å². The van der Waals surface area contributed by atoms with Crippen molar-refractivity contribution in [3.8, 4) is 0 Å². The van der Waals surface area contributed by atoms with Gasteiger partial charge in [-0.3, -0.25) is 9.59 Å². The maximum atomic E-state index is 13.4. The summed E-state index contributed by atoms with van der Waals surface area (Å²) in [6, 6.07) is 6.95. The molecule has 192 valence electrons. The SMILES string of the molecule is CCCCCCN(C(=O)CNC(=O)OC(C)(C)C)C(C(=O)NCCCCC)c1cccc(C)c1. The zero-order valence-corrected chi connectivity index (χ0v) is 22.0. The third-order valence-electron chi connectivity index (χ3n) is 5.35. The summed E-state index contributed by atoms with van der Waals surface area (Å²) in [7, 11) is 0. The van der Waals surface area contributed by atoms with Crippen molar-refractivity contribution in [2.24, 2.45) is 0 Å². The van der Waals surface area contributed by atoms with E-state index in [1.807, 2.05) is 31.2 Å². The smallest absolute Gasteiger partial charge is 0.408 e. The molecule has 2 N–H and O–H groups in total. The predicted molar refractivity (Wildman–Crippen MR) is 137 cm³/mol. The van der Waals surface area contributed by atoms with Crippen LogP contribution in [0.25, 0.3) is 0 Å². The number of amides is 3. The predicted octanol–water partition coefficient (Wildman–Crippen LogP) is 5.28. The monoisotopic (exact) mass is 475 g/mol. The summed E-state index contributed by atoms with van der Waals surface area (Å²) >= 11 is 0. The Morgan fingerprint density at radius 1 is 0.971 bits per heavy atom. The number of alkyl carbamates (subject to hydrolysis) is 1. The standard InChI is InChI=1S/C27H45N3O4/c1-7-9-11-13-18-30(23(31)20-29-26(33)34-27(4,5)6)24(22-16-14-15-21(3)19-22)25(32)28-17-12-10-8-2/h14-16,19,24H,7-13,17-18,20H2,1-6H3,(H,28,32)(H,29,33). The topological polar surface area (TPSA) is 87.7 Å². The van der Waals surface area contributed by atoms with Crippen LogP contribution in [-0.2, 0) is 14.3 Å². The second-order valence-electron chi connectivity index (χ2n) is 9.82. The minimum atomic E-state index is -0.754. The van der Waals surface area contributed by atoms with Gasteiger partial charge in [0.25, 0.3) is 0 Å². The number of benzene rings is 1. The molecule has 0 aliphatic carbocycles. The zero-order chi connectivity index (χ0) is 25.6. The van der Waals surface area contributed by atoms with Crippen molar-refractivity contribution in [2.75, 3.05) is 19.6 Å². The number of hydrogen-bond acceptors (Lipinski definition) is 4. The van der Waals surface area contributed by atoms with Gasteiger partial charge in [-0.25, -0.2) is 4.79 Å². The Morgan fingerprint density at radius 3 is 2.26 bits per heavy atom. The number of rotatable bonds is 14. The van der Waals surface area contributed by atoms with Crippen LogP contribution in [0.15, 0.2) is 24.3 Å². The maximum Gasteiger partial charge on any atom is 0.408 e. The van der Waals surface area contributed by atoms with Gasteiger partial charge in [0.1, 0.15) is 18.2 Å². The van der Waals surface area contributed by atoms with Crippen LogP contribution in [0.5, 0.6) is 0 Å². The highest BCUT2D eigenvalue weighted by molar-refractivity contribution is 5.90. The molecule has 0 heterocycles. The Morgan fingerprint density at radius 2 is 1.65 bits per heavy atom. The van der Waals surface area contributed by atoms with Gasteiger partial charge < -0.3 is 20.3 Å². The lowest BCUT2D eigenvalue weighted by atomic mass is 10.0. The summed E-state index contributed by atoms with van der Waals surface area (Å²) < 4.78 is 5.27. The van der Waals surface area contributed by atoms with E-state index in [9.17, 15) is 14.4 Å². The van der Waals surface area contributed by atoms with E-state index in [4.69, 9.17) is 4.74 Å². The lowest BCUT2D eigenvalue weighted by molar-refractivity contribution is -0.140. The van der Waals surface area contributed by atoms with Crippen molar-refractivity contribution in [3.63, 3.8) is 0 Å². The van der Waals surface area contributed by atoms with Gasteiger partial charge in [-0.05, 0) is 46.1 Å². The Bertz CT molecular complexity index is 773. The van der Waals surface area contributed by atoms with Gasteiger partial charge in [0.2, 0.25) is 11.8 Å². The van der Waals surface area contributed by atoms with E-state index in [2.05, 4.69) is 24.5 Å². The summed E-state index contributed by atoms with van der Waals surface area (Å²) in [6.07, 6.45) is 6.25. The molecule has 0 bridgehead atoms. The van der Waals surface area contributed by atoms with Crippen molar-refractivity contribution in [3.05, 3.63) is 35.4 Å².